The summed E-state index contributed by atoms with van der Waals surface area (Å²) in [5, 5.41) is 3.31. The molecular formula is C23H33N3O2. The van der Waals surface area contributed by atoms with E-state index in [1.807, 2.05) is 41.1 Å². The molecule has 0 aromatic carbocycles. The van der Waals surface area contributed by atoms with Crippen molar-refractivity contribution in [3.05, 3.63) is 58.1 Å². The monoisotopic (exact) mass is 383 g/mol. The van der Waals surface area contributed by atoms with E-state index in [2.05, 4.69) is 39.9 Å². The zero-order chi connectivity index (χ0) is 20.4. The number of rotatable bonds is 6. The Bertz CT molecular complexity index is 859. The van der Waals surface area contributed by atoms with E-state index >= 15 is 0 Å². The molecule has 28 heavy (non-hydrogen) atoms. The van der Waals surface area contributed by atoms with Gasteiger partial charge in [0.2, 0.25) is 5.88 Å². The molecule has 1 N–H and O–H groups in total. The molecule has 2 aromatic heterocycles. The summed E-state index contributed by atoms with van der Waals surface area (Å²) in [5.41, 5.74) is 1.63. The van der Waals surface area contributed by atoms with Crippen LogP contribution in [0.4, 0.5) is 0 Å². The molecule has 0 bridgehead atoms. The summed E-state index contributed by atoms with van der Waals surface area (Å²) in [6, 6.07) is 9.89. The van der Waals surface area contributed by atoms with E-state index in [9.17, 15) is 4.79 Å². The molecule has 5 heteroatoms. The van der Waals surface area contributed by atoms with Crippen molar-refractivity contribution in [1.29, 1.82) is 0 Å². The number of hydrogen-bond donors (Lipinski definition) is 1. The first-order valence-electron chi connectivity index (χ1n) is 10.2. The van der Waals surface area contributed by atoms with Crippen molar-refractivity contribution in [1.82, 2.24) is 14.9 Å². The quantitative estimate of drug-likeness (QED) is 0.827. The fourth-order valence-corrected chi connectivity index (χ4v) is 3.57. The summed E-state index contributed by atoms with van der Waals surface area (Å²) in [7, 11) is 0. The highest BCUT2D eigenvalue weighted by molar-refractivity contribution is 5.22. The average molecular weight is 384 g/mol. The zero-order valence-corrected chi connectivity index (χ0v) is 17.8. The smallest absolute Gasteiger partial charge is 0.254 e. The fraction of sp³-hybridized carbons (Fsp3) is 0.565. The van der Waals surface area contributed by atoms with Crippen molar-refractivity contribution < 1.29 is 4.74 Å². The second-order valence-electron chi connectivity index (χ2n) is 9.40. The van der Waals surface area contributed by atoms with E-state index in [0.29, 0.717) is 12.4 Å². The number of hydrogen-bond acceptors (Lipinski definition) is 4. The lowest BCUT2D eigenvalue weighted by Crippen LogP contribution is -2.31. The lowest BCUT2D eigenvalue weighted by molar-refractivity contribution is 0.212. The largest absolute Gasteiger partial charge is 0.473 e. The van der Waals surface area contributed by atoms with Crippen molar-refractivity contribution in [2.45, 2.75) is 70.9 Å². The third-order valence-corrected chi connectivity index (χ3v) is 5.53. The van der Waals surface area contributed by atoms with Crippen LogP contribution < -0.4 is 15.6 Å². The number of aryl methyl sites for hydroxylation is 1. The van der Waals surface area contributed by atoms with Gasteiger partial charge < -0.3 is 14.6 Å². The fourth-order valence-electron chi connectivity index (χ4n) is 3.57. The maximum atomic E-state index is 12.8. The first kappa shape index (κ1) is 20.6. The zero-order valence-electron chi connectivity index (χ0n) is 17.8. The Morgan fingerprint density at radius 2 is 1.96 bits per heavy atom. The predicted octanol–water partition coefficient (Wildman–Crippen LogP) is 3.65. The van der Waals surface area contributed by atoms with Crippen molar-refractivity contribution in [2.75, 3.05) is 13.1 Å². The summed E-state index contributed by atoms with van der Waals surface area (Å²) in [4.78, 5) is 17.6. The molecule has 0 spiro atoms. The molecule has 0 aliphatic carbocycles. The Morgan fingerprint density at radius 3 is 2.64 bits per heavy atom. The van der Waals surface area contributed by atoms with E-state index in [0.717, 1.165) is 37.2 Å². The van der Waals surface area contributed by atoms with Gasteiger partial charge in [0.25, 0.3) is 5.56 Å². The minimum atomic E-state index is -0.162. The summed E-state index contributed by atoms with van der Waals surface area (Å²) >= 11 is 0. The Balaban J connectivity index is 1.73. The van der Waals surface area contributed by atoms with Crippen LogP contribution in [0.15, 0.2) is 41.3 Å². The Morgan fingerprint density at radius 1 is 1.18 bits per heavy atom. The molecular weight excluding hydrogens is 350 g/mol. The molecule has 152 valence electrons. The minimum Gasteiger partial charge on any atom is -0.473 e. The van der Waals surface area contributed by atoms with E-state index in [1.54, 1.807) is 0 Å². The molecule has 1 saturated heterocycles. The van der Waals surface area contributed by atoms with Gasteiger partial charge in [-0.3, -0.25) is 4.79 Å². The van der Waals surface area contributed by atoms with Crippen LogP contribution in [0, 0.1) is 0 Å². The van der Waals surface area contributed by atoms with Gasteiger partial charge in [0.1, 0.15) is 6.10 Å². The van der Waals surface area contributed by atoms with Crippen LogP contribution in [0.3, 0.4) is 0 Å². The van der Waals surface area contributed by atoms with E-state index < -0.39 is 0 Å². The maximum Gasteiger partial charge on any atom is 0.254 e. The number of pyridine rings is 2. The standard InChI is InChI=1S/C23H33N3O2/c1-22(2,3)18-8-7-14-26(21(18)27)15-12-23(4,5)19-9-6-10-20(25-19)28-17-11-13-24-16-17/h6-10,14,17,24H,11-13,15-16H2,1-5H3. The number of nitrogens with one attached hydrogen (secondary N) is 1. The van der Waals surface area contributed by atoms with Crippen LogP contribution in [-0.2, 0) is 17.4 Å². The maximum absolute atomic E-state index is 12.8. The Kier molecular flexibility index (Phi) is 5.94. The van der Waals surface area contributed by atoms with Crippen LogP contribution >= 0.6 is 0 Å². The van der Waals surface area contributed by atoms with Gasteiger partial charge >= 0.3 is 0 Å². The second-order valence-corrected chi connectivity index (χ2v) is 9.40. The molecule has 2 aromatic rings. The van der Waals surface area contributed by atoms with E-state index in [4.69, 9.17) is 9.72 Å². The first-order chi connectivity index (χ1) is 13.2. The van der Waals surface area contributed by atoms with Gasteiger partial charge in [-0.2, -0.15) is 0 Å². The SMILES string of the molecule is CC(C)(C)c1cccn(CCC(C)(C)c2cccc(OC3CCNC3)n2)c1=O. The molecule has 5 nitrogen and oxygen atoms in total. The van der Waals surface area contributed by atoms with Crippen LogP contribution in [0.2, 0.25) is 0 Å². The average Bonchev–Trinajstić information content (AvgIpc) is 3.13. The Labute approximate surface area is 168 Å². The van der Waals surface area contributed by atoms with Gasteiger partial charge in [-0.25, -0.2) is 4.98 Å². The van der Waals surface area contributed by atoms with Crippen molar-refractivity contribution >= 4 is 0 Å². The highest BCUT2D eigenvalue weighted by Crippen LogP contribution is 2.28. The van der Waals surface area contributed by atoms with Crippen molar-refractivity contribution in [2.24, 2.45) is 0 Å². The van der Waals surface area contributed by atoms with Crippen LogP contribution in [-0.4, -0.2) is 28.7 Å². The van der Waals surface area contributed by atoms with Gasteiger partial charge in [-0.1, -0.05) is 46.8 Å². The van der Waals surface area contributed by atoms with E-state index in [1.165, 1.54) is 0 Å². The normalized spacial score (nSPS) is 17.7. The molecule has 1 aliphatic rings. The lowest BCUT2D eigenvalue weighted by atomic mass is 9.85. The summed E-state index contributed by atoms with van der Waals surface area (Å²) in [6.07, 6.45) is 3.92. The third kappa shape index (κ3) is 4.82. The van der Waals surface area contributed by atoms with Crippen molar-refractivity contribution in [3.63, 3.8) is 0 Å². The minimum absolute atomic E-state index is 0.101. The predicted molar refractivity (Wildman–Crippen MR) is 113 cm³/mol. The van der Waals surface area contributed by atoms with Crippen LogP contribution in [0.5, 0.6) is 5.88 Å². The van der Waals surface area contributed by atoms with Gasteiger partial charge in [0, 0.05) is 36.3 Å². The van der Waals surface area contributed by atoms with Gasteiger partial charge in [-0.05, 0) is 36.9 Å². The van der Waals surface area contributed by atoms with Crippen LogP contribution in [0.25, 0.3) is 0 Å². The number of ether oxygens (including phenoxy) is 1. The number of nitrogens with zero attached hydrogens (tertiary/aromatic N) is 2. The van der Waals surface area contributed by atoms with Gasteiger partial charge in [0.15, 0.2) is 0 Å². The molecule has 1 atom stereocenters. The van der Waals surface area contributed by atoms with E-state index in [-0.39, 0.29) is 22.5 Å². The third-order valence-electron chi connectivity index (χ3n) is 5.53. The molecule has 0 radical (unpaired) electrons. The highest BCUT2D eigenvalue weighted by Gasteiger charge is 2.25. The highest BCUT2D eigenvalue weighted by atomic mass is 16.5. The molecule has 3 heterocycles. The summed E-state index contributed by atoms with van der Waals surface area (Å²) in [6.45, 7) is 13.1. The molecule has 0 amide bonds. The topological polar surface area (TPSA) is 56.1 Å². The molecule has 0 saturated carbocycles. The molecule has 1 aliphatic heterocycles. The Hall–Kier alpha value is -2.14. The summed E-state index contributed by atoms with van der Waals surface area (Å²) in [5.74, 6) is 0.686. The summed E-state index contributed by atoms with van der Waals surface area (Å²) < 4.78 is 7.84. The first-order valence-corrected chi connectivity index (χ1v) is 10.2. The van der Waals surface area contributed by atoms with Gasteiger partial charge in [0.05, 0.1) is 5.69 Å². The molecule has 3 rings (SSSR count). The lowest BCUT2D eigenvalue weighted by Gasteiger charge is -2.26. The van der Waals surface area contributed by atoms with Gasteiger partial charge in [-0.15, -0.1) is 0 Å². The van der Waals surface area contributed by atoms with Crippen molar-refractivity contribution in [3.8, 4) is 5.88 Å². The second kappa shape index (κ2) is 8.08. The van der Waals surface area contributed by atoms with Crippen LogP contribution in [0.1, 0.15) is 58.7 Å². The number of aromatic nitrogens is 2. The molecule has 1 unspecified atom stereocenters. The molecule has 1 fully saturated rings.